The predicted octanol–water partition coefficient (Wildman–Crippen LogP) is 1.79. The molecule has 2 aromatic heterocycles. The van der Waals surface area contributed by atoms with Gasteiger partial charge in [-0.2, -0.15) is 0 Å². The van der Waals surface area contributed by atoms with Crippen LogP contribution in [-0.4, -0.2) is 33.2 Å². The molecule has 2 heterocycles. The lowest BCUT2D eigenvalue weighted by Gasteiger charge is -2.12. The molecule has 0 saturated heterocycles. The number of aromatic hydroxyl groups is 1. The summed E-state index contributed by atoms with van der Waals surface area (Å²) in [7, 11) is 1.49. The van der Waals surface area contributed by atoms with E-state index in [-0.39, 0.29) is 0 Å². The van der Waals surface area contributed by atoms with Crippen molar-refractivity contribution in [3.63, 3.8) is 0 Å². The van der Waals surface area contributed by atoms with Crippen molar-refractivity contribution in [2.24, 2.45) is 7.05 Å². The lowest BCUT2D eigenvalue weighted by Crippen LogP contribution is -2.35. The number of aryl methyl sites for hydroxylation is 1. The zero-order valence-corrected chi connectivity index (χ0v) is 14.0. The molecule has 0 aliphatic heterocycles. The molecular formula is C17H14N2O5S. The molecule has 0 bridgehead atoms. The van der Waals surface area contributed by atoms with Gasteiger partial charge < -0.3 is 20.1 Å². The van der Waals surface area contributed by atoms with Crippen LogP contribution in [0.5, 0.6) is 5.75 Å². The maximum atomic E-state index is 12.4. The molecule has 7 nitrogen and oxygen atoms in total. The Morgan fingerprint density at radius 1 is 1.28 bits per heavy atom. The number of thiophene rings is 1. The van der Waals surface area contributed by atoms with Crippen LogP contribution in [0.25, 0.3) is 21.3 Å². The van der Waals surface area contributed by atoms with E-state index in [9.17, 15) is 19.5 Å². The number of benzene rings is 1. The average molecular weight is 358 g/mol. The molecule has 0 atom stereocenters. The number of carbonyl (C=O) groups excluding carboxylic acids is 1. The van der Waals surface area contributed by atoms with Crippen molar-refractivity contribution in [2.45, 2.75) is 0 Å². The van der Waals surface area contributed by atoms with Crippen LogP contribution < -0.4 is 10.9 Å². The second-order valence-corrected chi connectivity index (χ2v) is 6.32. The van der Waals surface area contributed by atoms with Crippen molar-refractivity contribution < 1.29 is 19.8 Å². The van der Waals surface area contributed by atoms with Gasteiger partial charge in [0, 0.05) is 17.3 Å². The molecule has 25 heavy (non-hydrogen) atoms. The fraction of sp³-hybridized carbons (Fsp3) is 0.118. The fourth-order valence-electron chi connectivity index (χ4n) is 2.58. The average Bonchev–Trinajstić information content (AvgIpc) is 3.12. The standard InChI is InChI=1S/C17H14N2O5S/c1-19-11-5-4-9(12-3-2-6-25-12)7-10(11)15(22)14(17(19)24)16(23)18-8-13(20)21/h2-7,22H,8H2,1H3,(H,18,23)(H,20,21). The molecule has 3 aromatic rings. The Balaban J connectivity index is 2.19. The number of pyridine rings is 1. The molecule has 0 fully saturated rings. The van der Waals surface area contributed by atoms with Gasteiger partial charge in [0.1, 0.15) is 17.9 Å². The number of fused-ring (bicyclic) bond motifs is 1. The van der Waals surface area contributed by atoms with Gasteiger partial charge in [0.2, 0.25) is 0 Å². The summed E-state index contributed by atoms with van der Waals surface area (Å²) in [5.41, 5.74) is 0.141. The number of nitrogens with one attached hydrogen (secondary N) is 1. The minimum Gasteiger partial charge on any atom is -0.506 e. The van der Waals surface area contributed by atoms with Crippen LogP contribution >= 0.6 is 11.3 Å². The van der Waals surface area contributed by atoms with Gasteiger partial charge in [0.05, 0.1) is 5.52 Å². The molecule has 0 aliphatic rings. The number of hydrogen-bond acceptors (Lipinski definition) is 5. The van der Waals surface area contributed by atoms with Gasteiger partial charge >= 0.3 is 5.97 Å². The normalized spacial score (nSPS) is 10.8. The third-order valence-corrected chi connectivity index (χ3v) is 4.72. The molecule has 0 aliphatic carbocycles. The van der Waals surface area contributed by atoms with Crippen LogP contribution in [0, 0.1) is 0 Å². The maximum Gasteiger partial charge on any atom is 0.322 e. The van der Waals surface area contributed by atoms with Crippen molar-refractivity contribution in [1.82, 2.24) is 9.88 Å². The first-order valence-electron chi connectivity index (χ1n) is 7.29. The lowest BCUT2D eigenvalue weighted by molar-refractivity contribution is -0.135. The highest BCUT2D eigenvalue weighted by Gasteiger charge is 2.21. The second-order valence-electron chi connectivity index (χ2n) is 5.37. The van der Waals surface area contributed by atoms with E-state index < -0.39 is 35.3 Å². The molecule has 1 aromatic carbocycles. The van der Waals surface area contributed by atoms with E-state index in [2.05, 4.69) is 5.32 Å². The fourth-order valence-corrected chi connectivity index (χ4v) is 3.30. The number of hydrogen-bond donors (Lipinski definition) is 3. The first-order valence-corrected chi connectivity index (χ1v) is 8.17. The molecular weight excluding hydrogens is 344 g/mol. The predicted molar refractivity (Wildman–Crippen MR) is 94.1 cm³/mol. The lowest BCUT2D eigenvalue weighted by atomic mass is 10.1. The highest BCUT2D eigenvalue weighted by molar-refractivity contribution is 7.13. The molecule has 128 valence electrons. The second kappa shape index (κ2) is 6.40. The van der Waals surface area contributed by atoms with E-state index in [0.717, 1.165) is 10.4 Å². The molecule has 3 N–H and O–H groups in total. The molecule has 0 saturated carbocycles. The van der Waals surface area contributed by atoms with Gasteiger partial charge in [0.15, 0.2) is 0 Å². The van der Waals surface area contributed by atoms with E-state index in [1.165, 1.54) is 23.0 Å². The smallest absolute Gasteiger partial charge is 0.322 e. The SMILES string of the molecule is Cn1c(=O)c(C(=O)NCC(=O)O)c(O)c2cc(-c3cccs3)ccc21. The topological polar surface area (TPSA) is 109 Å². The summed E-state index contributed by atoms with van der Waals surface area (Å²) in [6.07, 6.45) is 0. The van der Waals surface area contributed by atoms with E-state index >= 15 is 0 Å². The first kappa shape index (κ1) is 16.7. The van der Waals surface area contributed by atoms with Crippen LogP contribution in [0.15, 0.2) is 40.5 Å². The van der Waals surface area contributed by atoms with Crippen LogP contribution in [0.2, 0.25) is 0 Å². The van der Waals surface area contributed by atoms with Gasteiger partial charge in [-0.15, -0.1) is 11.3 Å². The van der Waals surface area contributed by atoms with E-state index in [0.29, 0.717) is 10.9 Å². The number of carboxylic acid groups (broad SMARTS) is 1. The summed E-state index contributed by atoms with van der Waals surface area (Å²) in [6, 6.07) is 9.05. The Hall–Kier alpha value is -3.13. The molecule has 8 heteroatoms. The number of carbonyl (C=O) groups is 2. The van der Waals surface area contributed by atoms with Gasteiger partial charge in [-0.25, -0.2) is 0 Å². The summed E-state index contributed by atoms with van der Waals surface area (Å²) in [5.74, 6) is -2.63. The zero-order valence-electron chi connectivity index (χ0n) is 13.1. The number of aliphatic carboxylic acids is 1. The minimum absolute atomic E-state index is 0.341. The molecule has 0 radical (unpaired) electrons. The molecule has 0 spiro atoms. The first-order chi connectivity index (χ1) is 11.9. The molecule has 3 rings (SSSR count). The number of amides is 1. The van der Waals surface area contributed by atoms with Gasteiger partial charge in [-0.3, -0.25) is 14.4 Å². The van der Waals surface area contributed by atoms with Gasteiger partial charge in [-0.05, 0) is 29.1 Å². The Morgan fingerprint density at radius 2 is 2.04 bits per heavy atom. The summed E-state index contributed by atoms with van der Waals surface area (Å²) < 4.78 is 1.25. The van der Waals surface area contributed by atoms with Crippen LogP contribution in [-0.2, 0) is 11.8 Å². The zero-order chi connectivity index (χ0) is 18.1. The Morgan fingerprint density at radius 3 is 2.68 bits per heavy atom. The van der Waals surface area contributed by atoms with Gasteiger partial charge in [0.25, 0.3) is 11.5 Å². The highest BCUT2D eigenvalue weighted by Crippen LogP contribution is 2.32. The maximum absolute atomic E-state index is 12.4. The summed E-state index contributed by atoms with van der Waals surface area (Å²) >= 11 is 1.52. The van der Waals surface area contributed by atoms with Gasteiger partial charge in [-0.1, -0.05) is 12.1 Å². The molecule has 1 amide bonds. The van der Waals surface area contributed by atoms with E-state index in [1.54, 1.807) is 12.1 Å². The van der Waals surface area contributed by atoms with Crippen LogP contribution in [0.4, 0.5) is 0 Å². The Kier molecular flexibility index (Phi) is 4.28. The highest BCUT2D eigenvalue weighted by atomic mass is 32.1. The van der Waals surface area contributed by atoms with Crippen molar-refractivity contribution in [2.75, 3.05) is 6.54 Å². The van der Waals surface area contributed by atoms with Crippen molar-refractivity contribution in [3.8, 4) is 16.2 Å². The summed E-state index contributed by atoms with van der Waals surface area (Å²) in [4.78, 5) is 36.1. The van der Waals surface area contributed by atoms with E-state index in [1.807, 2.05) is 23.6 Å². The monoisotopic (exact) mass is 358 g/mol. The summed E-state index contributed by atoms with van der Waals surface area (Å²) in [5, 5.41) is 23.5. The largest absolute Gasteiger partial charge is 0.506 e. The van der Waals surface area contributed by atoms with Crippen molar-refractivity contribution in [3.05, 3.63) is 51.6 Å². The number of carboxylic acids is 1. The number of aromatic nitrogens is 1. The Bertz CT molecular complexity index is 1040. The van der Waals surface area contributed by atoms with E-state index in [4.69, 9.17) is 5.11 Å². The quantitative estimate of drug-likeness (QED) is 0.659. The third kappa shape index (κ3) is 2.99. The molecule has 0 unspecified atom stereocenters. The van der Waals surface area contributed by atoms with Crippen LogP contribution in [0.1, 0.15) is 10.4 Å². The third-order valence-electron chi connectivity index (χ3n) is 3.80. The van der Waals surface area contributed by atoms with Crippen LogP contribution in [0.3, 0.4) is 0 Å². The van der Waals surface area contributed by atoms with Crippen molar-refractivity contribution >= 4 is 34.1 Å². The number of nitrogens with zero attached hydrogens (tertiary/aromatic N) is 1. The minimum atomic E-state index is -1.24. The number of rotatable bonds is 4. The summed E-state index contributed by atoms with van der Waals surface area (Å²) in [6.45, 7) is -0.644. The van der Waals surface area contributed by atoms with Crippen molar-refractivity contribution in [1.29, 1.82) is 0 Å². The Labute approximate surface area is 145 Å².